The summed E-state index contributed by atoms with van der Waals surface area (Å²) < 4.78 is 0. The average Bonchev–Trinajstić information content (AvgIpc) is 2.60. The molecule has 2 aromatic carbocycles. The van der Waals surface area contributed by atoms with Crippen LogP contribution in [-0.2, 0) is 16.8 Å². The molecular formula is C21H28N2O. The lowest BCUT2D eigenvalue weighted by atomic mass is 9.85. The highest BCUT2D eigenvalue weighted by Crippen LogP contribution is 2.25. The van der Waals surface area contributed by atoms with Crippen molar-refractivity contribution in [3.8, 4) is 0 Å². The molecule has 24 heavy (non-hydrogen) atoms. The van der Waals surface area contributed by atoms with Gasteiger partial charge in [0.15, 0.2) is 0 Å². The van der Waals surface area contributed by atoms with E-state index in [1.165, 1.54) is 5.56 Å². The molecule has 0 saturated carbocycles. The third-order valence-electron chi connectivity index (χ3n) is 4.22. The lowest BCUT2D eigenvalue weighted by Gasteiger charge is -2.32. The molecule has 3 heteroatoms. The normalized spacial score (nSPS) is 13.2. The first kappa shape index (κ1) is 18.2. The minimum Gasteiger partial charge on any atom is -0.345 e. The van der Waals surface area contributed by atoms with Crippen LogP contribution in [-0.4, -0.2) is 19.0 Å². The SMILES string of the molecule is CCCCNCC(=O)NC(C)(Cc1ccccc1)c1ccccc1. The summed E-state index contributed by atoms with van der Waals surface area (Å²) >= 11 is 0. The van der Waals surface area contributed by atoms with Crippen LogP contribution in [0.5, 0.6) is 0 Å². The second-order valence-electron chi connectivity index (χ2n) is 6.44. The molecule has 0 fully saturated rings. The molecule has 3 nitrogen and oxygen atoms in total. The number of carbonyl (C=O) groups is 1. The number of amides is 1. The number of rotatable bonds is 9. The molecule has 0 aliphatic heterocycles. The second kappa shape index (κ2) is 9.24. The van der Waals surface area contributed by atoms with E-state index in [1.54, 1.807) is 0 Å². The predicted octanol–water partition coefficient (Wildman–Crippen LogP) is 3.65. The summed E-state index contributed by atoms with van der Waals surface area (Å²) in [5, 5.41) is 6.45. The molecule has 0 aromatic heterocycles. The van der Waals surface area contributed by atoms with Gasteiger partial charge in [-0.05, 0) is 37.4 Å². The van der Waals surface area contributed by atoms with Crippen molar-refractivity contribution >= 4 is 5.91 Å². The Balaban J connectivity index is 2.10. The summed E-state index contributed by atoms with van der Waals surface area (Å²) in [7, 11) is 0. The van der Waals surface area contributed by atoms with Gasteiger partial charge >= 0.3 is 0 Å². The molecule has 1 amide bonds. The zero-order chi connectivity index (χ0) is 17.3. The van der Waals surface area contributed by atoms with E-state index in [1.807, 2.05) is 36.4 Å². The maximum absolute atomic E-state index is 12.4. The van der Waals surface area contributed by atoms with Gasteiger partial charge in [-0.2, -0.15) is 0 Å². The first-order valence-electron chi connectivity index (χ1n) is 8.75. The molecular weight excluding hydrogens is 296 g/mol. The highest BCUT2D eigenvalue weighted by Gasteiger charge is 2.28. The van der Waals surface area contributed by atoms with E-state index in [0.29, 0.717) is 6.54 Å². The highest BCUT2D eigenvalue weighted by molar-refractivity contribution is 5.79. The molecule has 128 valence electrons. The number of hydrogen-bond donors (Lipinski definition) is 2. The van der Waals surface area contributed by atoms with E-state index in [-0.39, 0.29) is 5.91 Å². The van der Waals surface area contributed by atoms with Crippen molar-refractivity contribution in [2.45, 2.75) is 38.6 Å². The molecule has 0 aliphatic rings. The zero-order valence-electron chi connectivity index (χ0n) is 14.7. The van der Waals surface area contributed by atoms with Gasteiger partial charge in [-0.3, -0.25) is 4.79 Å². The van der Waals surface area contributed by atoms with Crippen molar-refractivity contribution in [3.05, 3.63) is 71.8 Å². The number of carbonyl (C=O) groups excluding carboxylic acids is 1. The lowest BCUT2D eigenvalue weighted by molar-refractivity contribution is -0.122. The van der Waals surface area contributed by atoms with Crippen LogP contribution in [0.3, 0.4) is 0 Å². The third-order valence-corrected chi connectivity index (χ3v) is 4.22. The highest BCUT2D eigenvalue weighted by atomic mass is 16.2. The topological polar surface area (TPSA) is 41.1 Å². The van der Waals surface area contributed by atoms with Crippen molar-refractivity contribution in [3.63, 3.8) is 0 Å². The van der Waals surface area contributed by atoms with Gasteiger partial charge in [-0.15, -0.1) is 0 Å². The fourth-order valence-corrected chi connectivity index (χ4v) is 2.88. The van der Waals surface area contributed by atoms with Crippen LogP contribution in [0, 0.1) is 0 Å². The van der Waals surface area contributed by atoms with Gasteiger partial charge in [-0.25, -0.2) is 0 Å². The number of unbranched alkanes of at least 4 members (excludes halogenated alkanes) is 1. The Hall–Kier alpha value is -2.13. The van der Waals surface area contributed by atoms with E-state index in [9.17, 15) is 4.79 Å². The molecule has 1 unspecified atom stereocenters. The quantitative estimate of drug-likeness (QED) is 0.691. The van der Waals surface area contributed by atoms with Crippen LogP contribution < -0.4 is 10.6 Å². The van der Waals surface area contributed by atoms with Crippen LogP contribution in [0.25, 0.3) is 0 Å². The maximum Gasteiger partial charge on any atom is 0.234 e. The van der Waals surface area contributed by atoms with E-state index in [4.69, 9.17) is 0 Å². The summed E-state index contributed by atoms with van der Waals surface area (Å²) in [6.07, 6.45) is 2.98. The van der Waals surface area contributed by atoms with Crippen LogP contribution >= 0.6 is 0 Å². The minimum atomic E-state index is -0.424. The van der Waals surface area contributed by atoms with Crippen molar-refractivity contribution in [2.24, 2.45) is 0 Å². The molecule has 0 aliphatic carbocycles. The van der Waals surface area contributed by atoms with E-state index < -0.39 is 5.54 Å². The van der Waals surface area contributed by atoms with Gasteiger partial charge in [-0.1, -0.05) is 74.0 Å². The Labute approximate surface area is 145 Å². The van der Waals surface area contributed by atoms with Crippen LogP contribution in [0.2, 0.25) is 0 Å². The fourth-order valence-electron chi connectivity index (χ4n) is 2.88. The Morgan fingerprint density at radius 1 is 1.00 bits per heavy atom. The molecule has 0 spiro atoms. The van der Waals surface area contributed by atoms with Crippen LogP contribution in [0.1, 0.15) is 37.8 Å². The number of hydrogen-bond acceptors (Lipinski definition) is 2. The summed E-state index contributed by atoms with van der Waals surface area (Å²) in [5.41, 5.74) is 1.91. The fraction of sp³-hybridized carbons (Fsp3) is 0.381. The molecule has 0 bridgehead atoms. The summed E-state index contributed by atoms with van der Waals surface area (Å²) in [6.45, 7) is 5.48. The minimum absolute atomic E-state index is 0.0355. The van der Waals surface area contributed by atoms with Crippen molar-refractivity contribution < 1.29 is 4.79 Å². The monoisotopic (exact) mass is 324 g/mol. The molecule has 0 saturated heterocycles. The maximum atomic E-state index is 12.4. The average molecular weight is 324 g/mol. The van der Waals surface area contributed by atoms with Crippen molar-refractivity contribution in [1.82, 2.24) is 10.6 Å². The van der Waals surface area contributed by atoms with Crippen molar-refractivity contribution in [2.75, 3.05) is 13.1 Å². The third kappa shape index (κ3) is 5.50. The first-order chi connectivity index (χ1) is 11.6. The van der Waals surface area contributed by atoms with Gasteiger partial charge in [0.2, 0.25) is 5.91 Å². The molecule has 1 atom stereocenters. The standard InChI is InChI=1S/C21H28N2O/c1-3-4-15-22-17-20(24)23-21(2,19-13-9-6-10-14-19)16-18-11-7-5-8-12-18/h5-14,22H,3-4,15-17H2,1-2H3,(H,23,24). The lowest BCUT2D eigenvalue weighted by Crippen LogP contribution is -2.48. The Kier molecular flexibility index (Phi) is 7.01. The Morgan fingerprint density at radius 3 is 2.25 bits per heavy atom. The summed E-state index contributed by atoms with van der Waals surface area (Å²) in [6, 6.07) is 20.5. The van der Waals surface area contributed by atoms with Gasteiger partial charge in [0, 0.05) is 0 Å². The van der Waals surface area contributed by atoms with E-state index >= 15 is 0 Å². The number of benzene rings is 2. The van der Waals surface area contributed by atoms with Crippen LogP contribution in [0.15, 0.2) is 60.7 Å². The van der Waals surface area contributed by atoms with Crippen LogP contribution in [0.4, 0.5) is 0 Å². The zero-order valence-corrected chi connectivity index (χ0v) is 14.7. The van der Waals surface area contributed by atoms with Gasteiger partial charge < -0.3 is 10.6 Å². The van der Waals surface area contributed by atoms with Gasteiger partial charge in [0.05, 0.1) is 12.1 Å². The Bertz CT molecular complexity index is 612. The Morgan fingerprint density at radius 2 is 1.62 bits per heavy atom. The second-order valence-corrected chi connectivity index (χ2v) is 6.44. The first-order valence-corrected chi connectivity index (χ1v) is 8.75. The molecule has 0 heterocycles. The molecule has 2 aromatic rings. The van der Waals surface area contributed by atoms with Gasteiger partial charge in [0.25, 0.3) is 0 Å². The van der Waals surface area contributed by atoms with E-state index in [0.717, 1.165) is 31.4 Å². The largest absolute Gasteiger partial charge is 0.345 e. The smallest absolute Gasteiger partial charge is 0.234 e. The molecule has 2 N–H and O–H groups in total. The summed E-state index contributed by atoms with van der Waals surface area (Å²) in [4.78, 5) is 12.4. The molecule has 0 radical (unpaired) electrons. The van der Waals surface area contributed by atoms with E-state index in [2.05, 4.69) is 48.7 Å². The predicted molar refractivity (Wildman–Crippen MR) is 99.9 cm³/mol. The van der Waals surface area contributed by atoms with Crippen molar-refractivity contribution in [1.29, 1.82) is 0 Å². The molecule has 2 rings (SSSR count). The number of nitrogens with one attached hydrogen (secondary N) is 2. The van der Waals surface area contributed by atoms with Gasteiger partial charge in [0.1, 0.15) is 0 Å². The summed E-state index contributed by atoms with van der Waals surface area (Å²) in [5.74, 6) is 0.0355.